The Kier molecular flexibility index (Phi) is 18.5. The van der Waals surface area contributed by atoms with E-state index in [9.17, 15) is 0 Å². The van der Waals surface area contributed by atoms with E-state index in [0.717, 1.165) is 0 Å². The molecule has 0 saturated heterocycles. The first-order chi connectivity index (χ1) is 22.1. The molecule has 0 spiro atoms. The second-order valence-corrected chi connectivity index (χ2v) is 41.9. The first-order valence-corrected chi connectivity index (χ1v) is 29.4. The molecule has 0 aliphatic carbocycles. The Morgan fingerprint density at radius 1 is 0.224 bits per heavy atom. The molecule has 49 heavy (non-hydrogen) atoms. The lowest BCUT2D eigenvalue weighted by Crippen LogP contribution is -2.47. The molecule has 0 unspecified atom stereocenters. The van der Waals surface area contributed by atoms with Crippen LogP contribution in [0, 0.1) is 45.5 Å². The molecule has 0 radical (unpaired) electrons. The first-order valence-electron chi connectivity index (χ1n) is 20.5. The fourth-order valence-electron chi connectivity index (χ4n) is 10.9. The zero-order chi connectivity index (χ0) is 39.1. The minimum absolute atomic E-state index is 0.545. The van der Waals surface area contributed by atoms with Crippen molar-refractivity contribution in [1.82, 2.24) is 0 Å². The highest BCUT2D eigenvalue weighted by Gasteiger charge is 2.45. The summed E-state index contributed by atoms with van der Waals surface area (Å²) in [7, 11) is -8.29. The average molecular weight is 736 g/mol. The van der Waals surface area contributed by atoms with Gasteiger partial charge in [0.15, 0.2) is 0 Å². The van der Waals surface area contributed by atoms with E-state index < -0.39 is 38.4 Å². The van der Waals surface area contributed by atoms with Gasteiger partial charge in [-0.3, -0.25) is 23.3 Å². The molecule has 0 amide bonds. The van der Waals surface area contributed by atoms with Crippen molar-refractivity contribution in [3.05, 3.63) is 0 Å². The quantitative estimate of drug-likeness (QED) is 0.138. The minimum atomic E-state index is -2.07. The third-order valence-electron chi connectivity index (χ3n) is 13.5. The number of hydrogen-bond donors (Lipinski definition) is 0. The minimum Gasteiger partial charge on any atom is -0.277 e. The molecule has 0 rings (SSSR count). The molecule has 0 N–H and O–H groups in total. The van der Waals surface area contributed by atoms with Gasteiger partial charge < -0.3 is 0 Å². The molecule has 0 aromatic carbocycles. The lowest BCUT2D eigenvalue weighted by atomic mass is 9.28. The van der Waals surface area contributed by atoms with Crippen molar-refractivity contribution in [1.29, 1.82) is 0 Å². The van der Waals surface area contributed by atoms with E-state index in [1.807, 2.05) is 0 Å². The highest BCUT2D eigenvalue weighted by atomic mass is 28.3. The van der Waals surface area contributed by atoms with Crippen LogP contribution in [0.15, 0.2) is 0 Å². The van der Waals surface area contributed by atoms with E-state index in [-0.39, 0.29) is 0 Å². The second kappa shape index (κ2) is 18.8. The maximum absolute atomic E-state index is 4.20. The van der Waals surface area contributed by atoms with Crippen LogP contribution in [0.1, 0.15) is 166 Å². The van der Waals surface area contributed by atoms with Crippen LogP contribution < -0.4 is 0 Å². The van der Waals surface area contributed by atoms with Crippen LogP contribution in [-0.4, -0.2) is 38.4 Å². The lowest BCUT2D eigenvalue weighted by Gasteiger charge is -2.41. The predicted octanol–water partition coefficient (Wildman–Crippen LogP) is 14.5. The third kappa shape index (κ3) is 9.79. The van der Waals surface area contributed by atoms with Gasteiger partial charge in [-0.1, -0.05) is 166 Å². The summed E-state index contributed by atoms with van der Waals surface area (Å²) in [4.78, 5) is 0. The van der Waals surface area contributed by atoms with Crippen LogP contribution in [0.25, 0.3) is 0 Å². The molecule has 5 heteroatoms. The topological polar surface area (TPSA) is 0 Å². The summed E-state index contributed by atoms with van der Waals surface area (Å²) in [6.07, 6.45) is -1.92. The zero-order valence-corrected chi connectivity index (χ0v) is 41.5. The Hall–Kier alpha value is -0.828. The van der Waals surface area contributed by atoms with E-state index in [0.29, 0.717) is 66.5 Å². The summed E-state index contributed by atoms with van der Waals surface area (Å²) in [5.74, 6) is 16.4. The van der Waals surface area contributed by atoms with Crippen molar-refractivity contribution >= 4 is 38.4 Å². The van der Waals surface area contributed by atoms with E-state index in [2.05, 4.69) is 212 Å². The molecule has 0 aliphatic heterocycles. The second-order valence-electron chi connectivity index (χ2n) is 19.5. The summed E-state index contributed by atoms with van der Waals surface area (Å²) in [5.41, 5.74) is 23.3. The third-order valence-corrected chi connectivity index (χ3v) is 38.7. The van der Waals surface area contributed by atoms with Crippen molar-refractivity contribution in [2.75, 3.05) is 0 Å². The van der Waals surface area contributed by atoms with Crippen LogP contribution in [0.5, 0.6) is 0 Å². The molecule has 0 fully saturated rings. The monoisotopic (exact) mass is 736 g/mol. The fraction of sp³-hybridized carbons (Fsp3) is 0.818. The average Bonchev–Trinajstić information content (AvgIpc) is 2.91. The van der Waals surface area contributed by atoms with Crippen molar-refractivity contribution in [3.63, 3.8) is 0 Å². The predicted molar refractivity (Wildman–Crippen MR) is 241 cm³/mol. The van der Waals surface area contributed by atoms with Crippen LogP contribution >= 0.6 is 0 Å². The number of rotatable bonds is 12. The summed E-state index contributed by atoms with van der Waals surface area (Å²) < 4.78 is 0. The van der Waals surface area contributed by atoms with E-state index >= 15 is 0 Å². The Morgan fingerprint density at radius 2 is 0.327 bits per heavy atom. The normalized spacial score (nSPS) is 13.6. The lowest BCUT2D eigenvalue weighted by molar-refractivity contribution is 0.838. The Morgan fingerprint density at radius 3 is 0.408 bits per heavy atom. The summed E-state index contributed by atoms with van der Waals surface area (Å²) in [6.45, 7) is 58.2. The molecule has 0 aliphatic rings. The molecule has 0 aromatic heterocycles. The highest BCUT2D eigenvalue weighted by molar-refractivity contribution is 7.10. The van der Waals surface area contributed by atoms with Gasteiger partial charge in [-0.15, -0.1) is 0 Å². The zero-order valence-electron chi connectivity index (χ0n) is 37.5. The molecule has 0 saturated carbocycles. The van der Waals surface area contributed by atoms with Gasteiger partial charge in [-0.25, -0.2) is 0 Å². The van der Waals surface area contributed by atoms with Gasteiger partial charge in [-0.2, -0.15) is 22.2 Å². The molecule has 0 aromatic rings. The summed E-state index contributed by atoms with van der Waals surface area (Å²) in [5, 5.41) is 0. The summed E-state index contributed by atoms with van der Waals surface area (Å²) in [6, 6.07) is 0. The number of hydrogen-bond acceptors (Lipinski definition) is 0. The van der Waals surface area contributed by atoms with Crippen LogP contribution in [0.2, 0.25) is 66.5 Å². The van der Waals surface area contributed by atoms with Gasteiger partial charge in [-0.05, 0) is 66.5 Å². The standard InChI is InChI=1S/C44H84BSi4/c1-33(2)46(34(3)4,35(5)6)29-25-45(26-30-47(36(7)8,37(9)10)38(11)12,27-31-48(39(13)14,40(15)16)41(17)18)28-32-49(42(19)20,43(21)22)44(23)24/h33-44H,1-24H3/q-1. The van der Waals surface area contributed by atoms with Gasteiger partial charge in [0.05, 0.1) is 0 Å². The van der Waals surface area contributed by atoms with E-state index in [4.69, 9.17) is 0 Å². The molecule has 0 nitrogen and oxygen atoms in total. The van der Waals surface area contributed by atoms with Gasteiger partial charge in [0, 0.05) is 0 Å². The molecule has 280 valence electrons. The van der Waals surface area contributed by atoms with Gasteiger partial charge in [0.2, 0.25) is 0 Å². The Labute approximate surface area is 315 Å². The Balaban J connectivity index is 9.30. The molecule has 0 atom stereocenters. The smallest absolute Gasteiger partial charge is 0.268 e. The van der Waals surface area contributed by atoms with Crippen molar-refractivity contribution in [2.45, 2.75) is 233 Å². The van der Waals surface area contributed by atoms with E-state index in [1.165, 1.54) is 0 Å². The van der Waals surface area contributed by atoms with Crippen LogP contribution in [-0.2, 0) is 0 Å². The molecular weight excluding hydrogens is 652 g/mol. The van der Waals surface area contributed by atoms with Crippen LogP contribution in [0.4, 0.5) is 0 Å². The van der Waals surface area contributed by atoms with Crippen molar-refractivity contribution in [2.24, 2.45) is 0 Å². The molecule has 0 heterocycles. The maximum atomic E-state index is 4.20. The van der Waals surface area contributed by atoms with Crippen molar-refractivity contribution < 1.29 is 0 Å². The molecular formula is C44H84BSi4-. The van der Waals surface area contributed by atoms with E-state index in [1.54, 1.807) is 0 Å². The van der Waals surface area contributed by atoms with Gasteiger partial charge in [0.25, 0.3) is 6.15 Å². The Bertz CT molecular complexity index is 1000. The SMILES string of the molecule is CC(C)[Si](C#C[B-](C#C[Si](C(C)C)(C(C)C)C(C)C)(C#C[Si](C(C)C)(C(C)C)C(C)C)C#C[Si](C(C)C)(C(C)C)C(C)C)(C(C)C)C(C)C. The fourth-order valence-corrected chi connectivity index (χ4v) is 32.2. The first kappa shape index (κ1) is 48.2. The largest absolute Gasteiger partial charge is 0.277 e. The van der Waals surface area contributed by atoms with Crippen molar-refractivity contribution in [3.8, 4) is 45.5 Å². The maximum Gasteiger partial charge on any atom is 0.268 e. The highest BCUT2D eigenvalue weighted by Crippen LogP contribution is 2.44. The molecule has 0 bridgehead atoms. The van der Waals surface area contributed by atoms with Gasteiger partial charge in [0.1, 0.15) is 32.3 Å². The van der Waals surface area contributed by atoms with Gasteiger partial charge >= 0.3 is 0 Å². The summed E-state index contributed by atoms with van der Waals surface area (Å²) >= 11 is 0. The van der Waals surface area contributed by atoms with Crippen LogP contribution in [0.3, 0.4) is 0 Å².